The van der Waals surface area contributed by atoms with E-state index in [1.807, 2.05) is 19.3 Å². The molecular formula is C13H21N3O. The van der Waals surface area contributed by atoms with Crippen LogP contribution < -0.4 is 5.32 Å². The van der Waals surface area contributed by atoms with Gasteiger partial charge >= 0.3 is 0 Å². The van der Waals surface area contributed by atoms with Gasteiger partial charge in [-0.1, -0.05) is 13.3 Å². The lowest BCUT2D eigenvalue weighted by Crippen LogP contribution is -2.42. The number of ketones is 1. The maximum absolute atomic E-state index is 12.6. The van der Waals surface area contributed by atoms with Crippen LogP contribution >= 0.6 is 0 Å². The summed E-state index contributed by atoms with van der Waals surface area (Å²) in [5, 5.41) is 7.59. The molecule has 0 radical (unpaired) electrons. The summed E-state index contributed by atoms with van der Waals surface area (Å²) >= 11 is 0. The van der Waals surface area contributed by atoms with Crippen molar-refractivity contribution >= 4 is 5.78 Å². The van der Waals surface area contributed by atoms with E-state index < -0.39 is 0 Å². The minimum absolute atomic E-state index is 0.172. The van der Waals surface area contributed by atoms with Crippen LogP contribution in [0.5, 0.6) is 0 Å². The Labute approximate surface area is 102 Å². The SMILES string of the molecule is CCCC1(C(=O)c2ccn(C)n2)CCNCC1. The van der Waals surface area contributed by atoms with Crippen molar-refractivity contribution in [3.05, 3.63) is 18.0 Å². The second-order valence-electron chi connectivity index (χ2n) is 4.98. The highest BCUT2D eigenvalue weighted by Crippen LogP contribution is 2.37. The van der Waals surface area contributed by atoms with Crippen molar-refractivity contribution in [1.29, 1.82) is 0 Å². The van der Waals surface area contributed by atoms with Crippen LogP contribution in [0.4, 0.5) is 0 Å². The van der Waals surface area contributed by atoms with Crippen molar-refractivity contribution in [3.63, 3.8) is 0 Å². The molecule has 1 N–H and O–H groups in total. The molecule has 94 valence electrons. The van der Waals surface area contributed by atoms with Gasteiger partial charge in [0, 0.05) is 18.7 Å². The quantitative estimate of drug-likeness (QED) is 0.809. The number of carbonyl (C=O) groups excluding carboxylic acids is 1. The fourth-order valence-electron chi connectivity index (χ4n) is 2.78. The highest BCUT2D eigenvalue weighted by Gasteiger charge is 2.39. The van der Waals surface area contributed by atoms with Gasteiger partial charge in [0.1, 0.15) is 5.69 Å². The van der Waals surface area contributed by atoms with E-state index >= 15 is 0 Å². The number of hydrogen-bond donors (Lipinski definition) is 1. The molecule has 4 heteroatoms. The molecule has 1 aliphatic heterocycles. The molecule has 4 nitrogen and oxygen atoms in total. The molecule has 0 aromatic carbocycles. The van der Waals surface area contributed by atoms with E-state index in [9.17, 15) is 4.79 Å². The third-order valence-electron chi connectivity index (χ3n) is 3.72. The standard InChI is InChI=1S/C13H21N3O/c1-3-5-13(6-8-14-9-7-13)12(17)11-4-10-16(2)15-11/h4,10,14H,3,5-9H2,1-2H3. The lowest BCUT2D eigenvalue weighted by atomic mass is 9.71. The van der Waals surface area contributed by atoms with Crippen molar-refractivity contribution in [2.45, 2.75) is 32.6 Å². The van der Waals surface area contributed by atoms with Gasteiger partial charge in [-0.2, -0.15) is 5.10 Å². The first kappa shape index (κ1) is 12.3. The monoisotopic (exact) mass is 235 g/mol. The maximum atomic E-state index is 12.6. The number of carbonyl (C=O) groups is 1. The number of aryl methyl sites for hydroxylation is 1. The molecular weight excluding hydrogens is 214 g/mol. The van der Waals surface area contributed by atoms with Crippen molar-refractivity contribution in [2.75, 3.05) is 13.1 Å². The van der Waals surface area contributed by atoms with Crippen LogP contribution in [0, 0.1) is 5.41 Å². The van der Waals surface area contributed by atoms with Gasteiger partial charge in [0.2, 0.25) is 0 Å². The maximum Gasteiger partial charge on any atom is 0.189 e. The normalized spacial score (nSPS) is 19.2. The highest BCUT2D eigenvalue weighted by molar-refractivity contribution is 5.98. The number of rotatable bonds is 4. The average molecular weight is 235 g/mol. The van der Waals surface area contributed by atoms with Gasteiger partial charge in [-0.3, -0.25) is 9.48 Å². The summed E-state index contributed by atoms with van der Waals surface area (Å²) in [6.45, 7) is 4.03. The van der Waals surface area contributed by atoms with Crippen molar-refractivity contribution in [3.8, 4) is 0 Å². The lowest BCUT2D eigenvalue weighted by molar-refractivity contribution is 0.0698. The number of nitrogens with one attached hydrogen (secondary N) is 1. The van der Waals surface area contributed by atoms with Gasteiger partial charge in [-0.05, 0) is 38.4 Å². The Balaban J connectivity index is 2.23. The molecule has 0 atom stereocenters. The first-order chi connectivity index (χ1) is 8.18. The van der Waals surface area contributed by atoms with Crippen molar-refractivity contribution in [2.24, 2.45) is 12.5 Å². The summed E-state index contributed by atoms with van der Waals surface area (Å²) in [5.74, 6) is 0.237. The van der Waals surface area contributed by atoms with Crippen LogP contribution in [-0.4, -0.2) is 28.7 Å². The molecule has 1 aromatic rings. The molecule has 0 saturated carbocycles. The van der Waals surface area contributed by atoms with E-state index in [-0.39, 0.29) is 11.2 Å². The zero-order valence-electron chi connectivity index (χ0n) is 10.7. The molecule has 0 spiro atoms. The average Bonchev–Trinajstić information content (AvgIpc) is 2.76. The fraction of sp³-hybridized carbons (Fsp3) is 0.692. The Morgan fingerprint density at radius 1 is 1.53 bits per heavy atom. The molecule has 1 aromatic heterocycles. The van der Waals surface area contributed by atoms with Gasteiger partial charge in [0.05, 0.1) is 0 Å². The zero-order chi connectivity index (χ0) is 12.3. The zero-order valence-corrected chi connectivity index (χ0v) is 10.7. The van der Waals surface area contributed by atoms with Crippen molar-refractivity contribution in [1.82, 2.24) is 15.1 Å². The third kappa shape index (κ3) is 2.41. The summed E-state index contributed by atoms with van der Waals surface area (Å²) < 4.78 is 1.70. The summed E-state index contributed by atoms with van der Waals surface area (Å²) in [4.78, 5) is 12.6. The highest BCUT2D eigenvalue weighted by atomic mass is 16.1. The van der Waals surface area contributed by atoms with Crippen LogP contribution in [0.3, 0.4) is 0 Å². The molecule has 1 aliphatic rings. The third-order valence-corrected chi connectivity index (χ3v) is 3.72. The molecule has 1 fully saturated rings. The second kappa shape index (κ2) is 5.00. The molecule has 0 unspecified atom stereocenters. The smallest absolute Gasteiger partial charge is 0.189 e. The molecule has 2 rings (SSSR count). The second-order valence-corrected chi connectivity index (χ2v) is 4.98. The van der Waals surface area contributed by atoms with Gasteiger partial charge < -0.3 is 5.32 Å². The Morgan fingerprint density at radius 2 is 2.24 bits per heavy atom. The summed E-state index contributed by atoms with van der Waals surface area (Å²) in [5.41, 5.74) is 0.455. The van der Waals surface area contributed by atoms with Crippen LogP contribution in [-0.2, 0) is 7.05 Å². The van der Waals surface area contributed by atoms with E-state index in [1.54, 1.807) is 4.68 Å². The van der Waals surface area contributed by atoms with E-state index in [2.05, 4.69) is 17.3 Å². The summed E-state index contributed by atoms with van der Waals surface area (Å²) in [7, 11) is 1.85. The van der Waals surface area contributed by atoms with Crippen molar-refractivity contribution < 1.29 is 4.79 Å². The fourth-order valence-corrected chi connectivity index (χ4v) is 2.78. The van der Waals surface area contributed by atoms with E-state index in [1.165, 1.54) is 0 Å². The van der Waals surface area contributed by atoms with E-state index in [4.69, 9.17) is 0 Å². The van der Waals surface area contributed by atoms with Crippen LogP contribution in [0.15, 0.2) is 12.3 Å². The molecule has 1 saturated heterocycles. The molecule has 0 aliphatic carbocycles. The predicted molar refractivity (Wildman–Crippen MR) is 67.0 cm³/mol. The summed E-state index contributed by atoms with van der Waals surface area (Å²) in [6, 6.07) is 1.84. The number of piperidine rings is 1. The van der Waals surface area contributed by atoms with Gasteiger partial charge in [-0.15, -0.1) is 0 Å². The van der Waals surface area contributed by atoms with Crippen LogP contribution in [0.2, 0.25) is 0 Å². The molecule has 2 heterocycles. The Hall–Kier alpha value is -1.16. The number of aromatic nitrogens is 2. The van der Waals surface area contributed by atoms with Gasteiger partial charge in [-0.25, -0.2) is 0 Å². The molecule has 17 heavy (non-hydrogen) atoms. The minimum atomic E-state index is -0.172. The number of Topliss-reactive ketones (excluding diaryl/α,β-unsaturated/α-hetero) is 1. The Bertz CT molecular complexity index is 386. The first-order valence-electron chi connectivity index (χ1n) is 6.43. The molecule has 0 amide bonds. The Morgan fingerprint density at radius 3 is 2.76 bits per heavy atom. The number of hydrogen-bond acceptors (Lipinski definition) is 3. The topological polar surface area (TPSA) is 46.9 Å². The Kier molecular flexibility index (Phi) is 3.62. The van der Waals surface area contributed by atoms with Gasteiger partial charge in [0.25, 0.3) is 0 Å². The summed E-state index contributed by atoms with van der Waals surface area (Å²) in [6.07, 6.45) is 5.75. The molecule has 0 bridgehead atoms. The number of nitrogens with zero attached hydrogens (tertiary/aromatic N) is 2. The predicted octanol–water partition coefficient (Wildman–Crippen LogP) is 1.77. The van der Waals surface area contributed by atoms with Crippen LogP contribution in [0.25, 0.3) is 0 Å². The van der Waals surface area contributed by atoms with E-state index in [0.29, 0.717) is 5.69 Å². The van der Waals surface area contributed by atoms with Gasteiger partial charge in [0.15, 0.2) is 5.78 Å². The largest absolute Gasteiger partial charge is 0.317 e. The first-order valence-corrected chi connectivity index (χ1v) is 6.43. The van der Waals surface area contributed by atoms with E-state index in [0.717, 1.165) is 38.8 Å². The van der Waals surface area contributed by atoms with Crippen LogP contribution in [0.1, 0.15) is 43.1 Å². The minimum Gasteiger partial charge on any atom is -0.317 e. The lowest BCUT2D eigenvalue weighted by Gasteiger charge is -2.35.